The van der Waals surface area contributed by atoms with E-state index < -0.39 is 5.97 Å². The third-order valence-electron chi connectivity index (χ3n) is 3.89. The Morgan fingerprint density at radius 1 is 0.875 bits per heavy atom. The predicted octanol–water partition coefficient (Wildman–Crippen LogP) is 4.15. The van der Waals surface area contributed by atoms with Crippen LogP contribution < -0.4 is 14.2 Å². The highest BCUT2D eigenvalue weighted by Crippen LogP contribution is 2.35. The summed E-state index contributed by atoms with van der Waals surface area (Å²) in [5.74, 6) is 1.01. The van der Waals surface area contributed by atoms with Gasteiger partial charge in [-0.1, -0.05) is 12.2 Å². The summed E-state index contributed by atoms with van der Waals surface area (Å²) >= 11 is 0. The van der Waals surface area contributed by atoms with Gasteiger partial charge in [0.2, 0.25) is 0 Å². The zero-order valence-electron chi connectivity index (χ0n) is 14.5. The van der Waals surface area contributed by atoms with E-state index >= 15 is 0 Å². The molecule has 0 spiro atoms. The second-order valence-corrected chi connectivity index (χ2v) is 5.65. The van der Waals surface area contributed by atoms with Gasteiger partial charge in [0.1, 0.15) is 22.8 Å². The summed E-state index contributed by atoms with van der Waals surface area (Å²) in [5.41, 5.74) is 0.325. The van der Waals surface area contributed by atoms with Crippen LogP contribution in [0.2, 0.25) is 0 Å². The van der Waals surface area contributed by atoms with E-state index in [2.05, 4.69) is 12.2 Å². The van der Waals surface area contributed by atoms with Gasteiger partial charge in [-0.2, -0.15) is 0 Å². The van der Waals surface area contributed by atoms with E-state index in [1.165, 1.54) is 7.11 Å². The lowest BCUT2D eigenvalue weighted by Crippen LogP contribution is -2.11. The molecule has 0 aromatic heterocycles. The molecule has 0 atom stereocenters. The molecular formula is C19H26O5. The number of hydrogen-bond donors (Lipinski definition) is 0. The van der Waals surface area contributed by atoms with E-state index in [-0.39, 0.29) is 0 Å². The summed E-state index contributed by atoms with van der Waals surface area (Å²) in [6.45, 7) is 0.922. The van der Waals surface area contributed by atoms with Crippen LogP contribution in [0.1, 0.15) is 48.9 Å². The zero-order chi connectivity index (χ0) is 17.2. The number of hydrogen-bond acceptors (Lipinski definition) is 5. The Hall–Kier alpha value is -2.17. The summed E-state index contributed by atoms with van der Waals surface area (Å²) in [5, 5.41) is 0. The van der Waals surface area contributed by atoms with Gasteiger partial charge in [-0.15, -0.1) is 0 Å². The molecule has 0 saturated carbocycles. The molecule has 5 nitrogen and oxygen atoms in total. The van der Waals surface area contributed by atoms with Gasteiger partial charge in [0, 0.05) is 12.1 Å². The number of cyclic esters (lactones) is 1. The fourth-order valence-corrected chi connectivity index (χ4v) is 2.54. The van der Waals surface area contributed by atoms with Crippen LogP contribution in [0.15, 0.2) is 24.3 Å². The maximum absolute atomic E-state index is 12.5. The molecule has 0 N–H and O–H groups in total. The highest BCUT2D eigenvalue weighted by Gasteiger charge is 2.22. The molecular weight excluding hydrogens is 308 g/mol. The Labute approximate surface area is 143 Å². The average Bonchev–Trinajstić information content (AvgIpc) is 2.61. The summed E-state index contributed by atoms with van der Waals surface area (Å²) in [6.07, 6.45) is 10.3. The third-order valence-corrected chi connectivity index (χ3v) is 3.89. The molecule has 0 saturated heterocycles. The van der Waals surface area contributed by atoms with Crippen molar-refractivity contribution in [1.29, 1.82) is 0 Å². The fourth-order valence-electron chi connectivity index (χ4n) is 2.54. The average molecular weight is 334 g/mol. The van der Waals surface area contributed by atoms with E-state index in [0.29, 0.717) is 36.0 Å². The maximum Gasteiger partial charge on any atom is 0.345 e. The third kappa shape index (κ3) is 5.18. The van der Waals surface area contributed by atoms with Crippen molar-refractivity contribution in [3.8, 4) is 17.2 Å². The number of fused-ring (bicyclic) bond motifs is 1. The van der Waals surface area contributed by atoms with Crippen LogP contribution in [0, 0.1) is 0 Å². The SMILES string of the molecule is COc1cc(OC)c2c(c1)OCCCC/C=C/CCCCOC2=O. The number of rotatable bonds is 2. The predicted molar refractivity (Wildman–Crippen MR) is 92.2 cm³/mol. The first-order valence-corrected chi connectivity index (χ1v) is 8.47. The molecule has 0 fully saturated rings. The van der Waals surface area contributed by atoms with Gasteiger partial charge >= 0.3 is 5.97 Å². The molecule has 132 valence electrons. The highest BCUT2D eigenvalue weighted by molar-refractivity contribution is 5.96. The molecule has 1 aromatic rings. The maximum atomic E-state index is 12.5. The van der Waals surface area contributed by atoms with Gasteiger partial charge in [-0.05, 0) is 38.5 Å². The first kappa shape index (κ1) is 18.2. The lowest BCUT2D eigenvalue weighted by Gasteiger charge is -2.16. The van der Waals surface area contributed by atoms with Gasteiger partial charge < -0.3 is 18.9 Å². The number of esters is 1. The van der Waals surface area contributed by atoms with E-state index in [1.807, 2.05) is 0 Å². The molecule has 24 heavy (non-hydrogen) atoms. The molecule has 1 aliphatic rings. The molecule has 0 unspecified atom stereocenters. The number of benzene rings is 1. The van der Waals surface area contributed by atoms with Crippen molar-refractivity contribution in [2.45, 2.75) is 38.5 Å². The van der Waals surface area contributed by atoms with Crippen LogP contribution in [0.3, 0.4) is 0 Å². The molecule has 0 amide bonds. The summed E-state index contributed by atoms with van der Waals surface area (Å²) in [7, 11) is 3.09. The van der Waals surface area contributed by atoms with Crippen LogP contribution in [-0.2, 0) is 4.74 Å². The van der Waals surface area contributed by atoms with Gasteiger partial charge in [0.05, 0.1) is 27.4 Å². The number of allylic oxidation sites excluding steroid dienone is 2. The van der Waals surface area contributed by atoms with E-state index in [1.54, 1.807) is 19.2 Å². The second kappa shape index (κ2) is 9.85. The largest absolute Gasteiger partial charge is 0.496 e. The monoisotopic (exact) mass is 334 g/mol. The summed E-state index contributed by atoms with van der Waals surface area (Å²) < 4.78 is 21.8. The number of methoxy groups -OCH3 is 2. The quantitative estimate of drug-likeness (QED) is 0.601. The molecule has 2 rings (SSSR count). The molecule has 0 radical (unpaired) electrons. The minimum absolute atomic E-state index is 0.325. The van der Waals surface area contributed by atoms with E-state index in [9.17, 15) is 4.79 Å². The number of ether oxygens (including phenoxy) is 4. The van der Waals surface area contributed by atoms with Crippen molar-refractivity contribution < 1.29 is 23.7 Å². The van der Waals surface area contributed by atoms with Gasteiger partial charge in [0.25, 0.3) is 0 Å². The molecule has 1 heterocycles. The van der Waals surface area contributed by atoms with Gasteiger partial charge in [0.15, 0.2) is 0 Å². The smallest absolute Gasteiger partial charge is 0.345 e. The zero-order valence-corrected chi connectivity index (χ0v) is 14.5. The van der Waals surface area contributed by atoms with Gasteiger partial charge in [-0.3, -0.25) is 0 Å². The second-order valence-electron chi connectivity index (χ2n) is 5.65. The lowest BCUT2D eigenvalue weighted by molar-refractivity contribution is 0.0490. The number of carbonyl (C=O) groups excluding carboxylic acids is 1. The van der Waals surface area contributed by atoms with Crippen molar-refractivity contribution in [1.82, 2.24) is 0 Å². The Bertz CT molecular complexity index is 565. The summed E-state index contributed by atoms with van der Waals surface area (Å²) in [6, 6.07) is 3.37. The molecule has 5 heteroatoms. The molecule has 1 aliphatic heterocycles. The summed E-state index contributed by atoms with van der Waals surface area (Å²) in [4.78, 5) is 12.5. The van der Waals surface area contributed by atoms with Crippen molar-refractivity contribution in [2.75, 3.05) is 27.4 Å². The van der Waals surface area contributed by atoms with Gasteiger partial charge in [-0.25, -0.2) is 4.79 Å². The van der Waals surface area contributed by atoms with Crippen LogP contribution in [0.4, 0.5) is 0 Å². The van der Waals surface area contributed by atoms with Crippen molar-refractivity contribution in [3.63, 3.8) is 0 Å². The van der Waals surface area contributed by atoms with Crippen molar-refractivity contribution in [2.24, 2.45) is 0 Å². The topological polar surface area (TPSA) is 54.0 Å². The van der Waals surface area contributed by atoms with E-state index in [0.717, 1.165) is 38.5 Å². The molecule has 0 bridgehead atoms. The minimum atomic E-state index is -0.421. The first-order valence-electron chi connectivity index (χ1n) is 8.47. The van der Waals surface area contributed by atoms with Crippen molar-refractivity contribution >= 4 is 5.97 Å². The van der Waals surface area contributed by atoms with E-state index in [4.69, 9.17) is 18.9 Å². The lowest BCUT2D eigenvalue weighted by atomic mass is 10.1. The Kier molecular flexibility index (Phi) is 7.46. The molecule has 0 aliphatic carbocycles. The van der Waals surface area contributed by atoms with Crippen molar-refractivity contribution in [3.05, 3.63) is 29.8 Å². The standard InChI is InChI=1S/C19H26O5/c1-21-15-13-16(22-2)18-17(14-15)23-11-9-7-5-3-4-6-8-10-12-24-19(18)20/h3-4,13-14H,5-12H2,1-2H3/b4-3+. The van der Waals surface area contributed by atoms with Crippen LogP contribution in [0.5, 0.6) is 17.2 Å². The minimum Gasteiger partial charge on any atom is -0.496 e. The van der Waals surface area contributed by atoms with Crippen LogP contribution >= 0.6 is 0 Å². The molecule has 1 aromatic carbocycles. The normalized spacial score (nSPS) is 18.2. The first-order chi connectivity index (χ1) is 11.8. The fraction of sp³-hybridized carbons (Fsp3) is 0.526. The highest BCUT2D eigenvalue weighted by atomic mass is 16.5. The number of carbonyl (C=O) groups is 1. The Morgan fingerprint density at radius 3 is 2.17 bits per heavy atom. The van der Waals surface area contributed by atoms with Crippen LogP contribution in [0.25, 0.3) is 0 Å². The van der Waals surface area contributed by atoms with Crippen LogP contribution in [-0.4, -0.2) is 33.4 Å². The Morgan fingerprint density at radius 2 is 1.54 bits per heavy atom. The Balaban J connectivity index is 2.24.